The molecule has 2 aromatic carbocycles. The van der Waals surface area contributed by atoms with Gasteiger partial charge in [-0.3, -0.25) is 4.79 Å². The molecule has 28 heavy (non-hydrogen) atoms. The summed E-state index contributed by atoms with van der Waals surface area (Å²) in [5.74, 6) is 0.370. The Kier molecular flexibility index (Phi) is 5.27. The summed E-state index contributed by atoms with van der Waals surface area (Å²) in [6.07, 6.45) is 0. The van der Waals surface area contributed by atoms with Gasteiger partial charge in [-0.25, -0.2) is 0 Å². The average Bonchev–Trinajstić information content (AvgIpc) is 2.72. The lowest BCUT2D eigenvalue weighted by molar-refractivity contribution is -0.117. The fourth-order valence-electron chi connectivity index (χ4n) is 4.42. The molecule has 1 saturated heterocycles. The normalized spacial score (nSPS) is 24.6. The van der Waals surface area contributed by atoms with Crippen molar-refractivity contribution in [1.82, 2.24) is 0 Å². The summed E-state index contributed by atoms with van der Waals surface area (Å²) in [5.41, 5.74) is 4.51. The number of ether oxygens (including phenoxy) is 1. The first-order chi connectivity index (χ1) is 13.6. The third-order valence-electron chi connectivity index (χ3n) is 6.11. The van der Waals surface area contributed by atoms with Crippen LogP contribution in [0.3, 0.4) is 0 Å². The molecule has 0 aliphatic carbocycles. The molecule has 0 unspecified atom stereocenters. The van der Waals surface area contributed by atoms with Crippen LogP contribution in [0, 0.1) is 5.92 Å². The van der Waals surface area contributed by atoms with Crippen LogP contribution in [0.5, 0.6) is 0 Å². The van der Waals surface area contributed by atoms with E-state index in [2.05, 4.69) is 54.4 Å². The van der Waals surface area contributed by atoms with Gasteiger partial charge in [-0.05, 0) is 37.3 Å². The number of benzene rings is 2. The van der Waals surface area contributed by atoms with Crippen LogP contribution < -0.4 is 15.1 Å². The minimum atomic E-state index is 0.0953. The molecular weight excluding hydrogens is 350 g/mol. The number of hydrogen-bond donors (Lipinski definition) is 1. The van der Waals surface area contributed by atoms with Crippen molar-refractivity contribution in [3.8, 4) is 0 Å². The molecule has 5 nitrogen and oxygen atoms in total. The van der Waals surface area contributed by atoms with Crippen molar-refractivity contribution in [3.63, 3.8) is 0 Å². The molecule has 0 spiro atoms. The lowest BCUT2D eigenvalue weighted by Gasteiger charge is -2.44. The van der Waals surface area contributed by atoms with E-state index in [9.17, 15) is 4.79 Å². The van der Waals surface area contributed by atoms with Gasteiger partial charge in [0.05, 0.1) is 19.3 Å². The summed E-state index contributed by atoms with van der Waals surface area (Å²) in [6, 6.07) is 17.1. The number of fused-ring (bicyclic) bond motifs is 1. The van der Waals surface area contributed by atoms with Crippen LogP contribution in [0.2, 0.25) is 0 Å². The zero-order valence-corrected chi connectivity index (χ0v) is 16.9. The van der Waals surface area contributed by atoms with E-state index in [-0.39, 0.29) is 23.9 Å². The number of amides is 1. The van der Waals surface area contributed by atoms with Gasteiger partial charge in [0.1, 0.15) is 0 Å². The molecule has 0 bridgehead atoms. The van der Waals surface area contributed by atoms with Crippen molar-refractivity contribution < 1.29 is 9.53 Å². The average molecular weight is 380 g/mol. The zero-order valence-electron chi connectivity index (χ0n) is 16.9. The van der Waals surface area contributed by atoms with Gasteiger partial charge in [0.2, 0.25) is 5.91 Å². The Balaban J connectivity index is 1.76. The van der Waals surface area contributed by atoms with E-state index in [1.165, 1.54) is 11.3 Å². The van der Waals surface area contributed by atoms with Crippen molar-refractivity contribution in [2.24, 2.45) is 5.92 Å². The maximum Gasteiger partial charge on any atom is 0.224 e. The van der Waals surface area contributed by atoms with Gasteiger partial charge in [0, 0.05) is 54.6 Å². The maximum atomic E-state index is 12.4. The molecule has 148 valence electrons. The van der Waals surface area contributed by atoms with Crippen molar-refractivity contribution in [1.29, 1.82) is 0 Å². The molecule has 1 N–H and O–H groups in total. The second-order valence-electron chi connectivity index (χ2n) is 7.82. The Hall–Kier alpha value is -2.53. The van der Waals surface area contributed by atoms with E-state index >= 15 is 0 Å². The van der Waals surface area contributed by atoms with E-state index in [0.29, 0.717) is 0 Å². The van der Waals surface area contributed by atoms with Crippen LogP contribution in [0.1, 0.15) is 32.4 Å². The number of para-hydroxylation sites is 1. The second kappa shape index (κ2) is 7.84. The lowest BCUT2D eigenvalue weighted by atomic mass is 9.82. The van der Waals surface area contributed by atoms with Gasteiger partial charge in [0.15, 0.2) is 0 Å². The molecule has 2 heterocycles. The minimum absolute atomic E-state index is 0.0953. The highest BCUT2D eigenvalue weighted by Gasteiger charge is 2.38. The monoisotopic (exact) mass is 379 g/mol. The molecule has 2 aromatic rings. The van der Waals surface area contributed by atoms with Crippen molar-refractivity contribution >= 4 is 23.0 Å². The van der Waals surface area contributed by atoms with E-state index in [4.69, 9.17) is 4.74 Å². The van der Waals surface area contributed by atoms with E-state index in [1.807, 2.05) is 23.1 Å². The summed E-state index contributed by atoms with van der Waals surface area (Å²) in [5, 5.41) is 3.73. The Morgan fingerprint density at radius 1 is 1.07 bits per heavy atom. The molecule has 0 radical (unpaired) electrons. The van der Waals surface area contributed by atoms with Gasteiger partial charge in [-0.15, -0.1) is 0 Å². The molecule has 4 rings (SSSR count). The summed E-state index contributed by atoms with van der Waals surface area (Å²) in [4.78, 5) is 16.8. The van der Waals surface area contributed by atoms with Crippen molar-refractivity contribution in [2.75, 3.05) is 41.4 Å². The van der Waals surface area contributed by atoms with Crippen LogP contribution in [0.4, 0.5) is 17.1 Å². The molecule has 2 aliphatic heterocycles. The summed E-state index contributed by atoms with van der Waals surface area (Å²) in [7, 11) is 0. The Morgan fingerprint density at radius 3 is 2.46 bits per heavy atom. The predicted octanol–water partition coefficient (Wildman–Crippen LogP) is 4.07. The number of carbonyl (C=O) groups is 1. The molecule has 2 aliphatic rings. The first kappa shape index (κ1) is 18.8. The third-order valence-corrected chi connectivity index (χ3v) is 6.11. The largest absolute Gasteiger partial charge is 0.378 e. The number of anilines is 3. The second-order valence-corrected chi connectivity index (χ2v) is 7.82. The molecule has 0 aromatic heterocycles. The molecule has 5 heteroatoms. The van der Waals surface area contributed by atoms with Crippen molar-refractivity contribution in [2.45, 2.75) is 32.9 Å². The highest BCUT2D eigenvalue weighted by molar-refractivity contribution is 5.94. The lowest BCUT2D eigenvalue weighted by Crippen LogP contribution is -2.48. The number of nitrogens with one attached hydrogen (secondary N) is 1. The van der Waals surface area contributed by atoms with Crippen LogP contribution in [-0.4, -0.2) is 38.3 Å². The van der Waals surface area contributed by atoms with Crippen LogP contribution in [0.15, 0.2) is 48.5 Å². The summed E-state index contributed by atoms with van der Waals surface area (Å²) < 4.78 is 5.51. The topological polar surface area (TPSA) is 44.8 Å². The Labute approximate surface area is 167 Å². The van der Waals surface area contributed by atoms with Gasteiger partial charge in [-0.2, -0.15) is 0 Å². The van der Waals surface area contributed by atoms with Gasteiger partial charge in [-0.1, -0.05) is 25.1 Å². The molecule has 1 fully saturated rings. The van der Waals surface area contributed by atoms with Crippen LogP contribution >= 0.6 is 0 Å². The summed E-state index contributed by atoms with van der Waals surface area (Å²) in [6.45, 7) is 9.35. The predicted molar refractivity (Wildman–Crippen MR) is 114 cm³/mol. The third kappa shape index (κ3) is 3.47. The van der Waals surface area contributed by atoms with Crippen LogP contribution in [-0.2, 0) is 9.53 Å². The SMILES string of the molecule is CC(=O)N1c2ccc(N3CCOCC3)cc2[C@H](Nc2ccccc2)[C@@H](C)[C@@H]1C. The number of nitrogens with zero attached hydrogens (tertiary/aromatic N) is 2. The molecule has 1 amide bonds. The fraction of sp³-hybridized carbons (Fsp3) is 0.435. The van der Waals surface area contributed by atoms with Crippen molar-refractivity contribution in [3.05, 3.63) is 54.1 Å². The smallest absolute Gasteiger partial charge is 0.224 e. The standard InChI is InChI=1S/C23H29N3O2/c1-16-17(2)26(18(3)27)22-10-9-20(25-11-13-28-14-12-25)15-21(22)23(16)24-19-7-5-4-6-8-19/h4-10,15-17,23-24H,11-14H2,1-3H3/t16-,17-,23+/m0/s1. The highest BCUT2D eigenvalue weighted by Crippen LogP contribution is 2.44. The maximum absolute atomic E-state index is 12.4. The Bertz CT molecular complexity index is 833. The van der Waals surface area contributed by atoms with E-state index in [1.54, 1.807) is 6.92 Å². The number of hydrogen-bond acceptors (Lipinski definition) is 4. The van der Waals surface area contributed by atoms with Gasteiger partial charge >= 0.3 is 0 Å². The van der Waals surface area contributed by atoms with E-state index in [0.717, 1.165) is 37.7 Å². The number of morpholine rings is 1. The summed E-state index contributed by atoms with van der Waals surface area (Å²) >= 11 is 0. The fourth-order valence-corrected chi connectivity index (χ4v) is 4.42. The van der Waals surface area contributed by atoms with E-state index < -0.39 is 0 Å². The molecule has 3 atom stereocenters. The number of carbonyl (C=O) groups excluding carboxylic acids is 1. The highest BCUT2D eigenvalue weighted by atomic mass is 16.5. The zero-order chi connectivity index (χ0) is 19.7. The quantitative estimate of drug-likeness (QED) is 0.873. The van der Waals surface area contributed by atoms with Crippen LogP contribution in [0.25, 0.3) is 0 Å². The first-order valence-corrected chi connectivity index (χ1v) is 10.1. The number of rotatable bonds is 3. The molecule has 0 saturated carbocycles. The van der Waals surface area contributed by atoms with Gasteiger partial charge < -0.3 is 19.9 Å². The Morgan fingerprint density at radius 2 is 1.79 bits per heavy atom. The first-order valence-electron chi connectivity index (χ1n) is 10.1. The molecular formula is C23H29N3O2. The van der Waals surface area contributed by atoms with Gasteiger partial charge in [0.25, 0.3) is 0 Å². The minimum Gasteiger partial charge on any atom is -0.378 e.